The summed E-state index contributed by atoms with van der Waals surface area (Å²) in [6.45, 7) is 5.03. The molecule has 1 aliphatic heterocycles. The van der Waals surface area contributed by atoms with Crippen LogP contribution in [0.5, 0.6) is 5.88 Å². The molecule has 3 atom stereocenters. The average molecular weight is 385 g/mol. The van der Waals surface area contributed by atoms with Crippen molar-refractivity contribution in [1.29, 1.82) is 0 Å². The molecule has 1 aliphatic carbocycles. The highest BCUT2D eigenvalue weighted by Gasteiger charge is 2.65. The number of likely N-dealkylation sites (tertiary alicyclic amines) is 1. The van der Waals surface area contributed by atoms with Crippen LogP contribution in [0.3, 0.4) is 0 Å². The van der Waals surface area contributed by atoms with Crippen molar-refractivity contribution in [2.75, 3.05) is 20.2 Å². The van der Waals surface area contributed by atoms with E-state index in [0.717, 1.165) is 31.9 Å². The molecule has 3 unspecified atom stereocenters. The number of primary amides is 1. The first-order valence-electron chi connectivity index (χ1n) is 9.13. The van der Waals surface area contributed by atoms with Gasteiger partial charge in [-0.3, -0.25) is 4.79 Å². The molecule has 5 nitrogen and oxygen atoms in total. The monoisotopic (exact) mass is 385 g/mol. The Morgan fingerprint density at radius 3 is 2.70 bits per heavy atom. The van der Waals surface area contributed by atoms with Gasteiger partial charge in [-0.25, -0.2) is 4.98 Å². The van der Waals surface area contributed by atoms with Gasteiger partial charge < -0.3 is 15.4 Å². The van der Waals surface area contributed by atoms with Crippen LogP contribution < -0.4 is 10.5 Å². The lowest BCUT2D eigenvalue weighted by Crippen LogP contribution is -2.49. The molecule has 0 radical (unpaired) electrons. The van der Waals surface area contributed by atoms with Crippen LogP contribution in [-0.2, 0) is 11.0 Å². The average Bonchev–Trinajstić information content (AvgIpc) is 3.11. The van der Waals surface area contributed by atoms with Gasteiger partial charge in [-0.15, -0.1) is 0 Å². The van der Waals surface area contributed by atoms with Gasteiger partial charge in [0.05, 0.1) is 5.92 Å². The predicted molar refractivity (Wildman–Crippen MR) is 93.9 cm³/mol. The number of halogens is 3. The molecular formula is C19H26F3N3O2. The number of rotatable bonds is 5. The van der Waals surface area contributed by atoms with Crippen LogP contribution in [0.1, 0.15) is 38.7 Å². The third-order valence-electron chi connectivity index (χ3n) is 6.45. The summed E-state index contributed by atoms with van der Waals surface area (Å²) >= 11 is 0. The molecule has 0 aromatic carbocycles. The van der Waals surface area contributed by atoms with E-state index in [1.54, 1.807) is 0 Å². The fourth-order valence-corrected chi connectivity index (χ4v) is 4.64. The van der Waals surface area contributed by atoms with Crippen LogP contribution in [0.15, 0.2) is 18.3 Å². The highest BCUT2D eigenvalue weighted by Crippen LogP contribution is 2.64. The van der Waals surface area contributed by atoms with Crippen molar-refractivity contribution in [3.05, 3.63) is 23.9 Å². The minimum absolute atomic E-state index is 0.0153. The van der Waals surface area contributed by atoms with Gasteiger partial charge in [-0.2, -0.15) is 13.2 Å². The summed E-state index contributed by atoms with van der Waals surface area (Å²) in [6.07, 6.45) is -0.734. The first kappa shape index (κ1) is 19.9. The van der Waals surface area contributed by atoms with Gasteiger partial charge in [0.15, 0.2) is 0 Å². The Bertz CT molecular complexity index is 722. The molecule has 3 rings (SSSR count). The van der Waals surface area contributed by atoms with Gasteiger partial charge in [-0.1, -0.05) is 13.8 Å². The fourth-order valence-electron chi connectivity index (χ4n) is 4.64. The Morgan fingerprint density at radius 2 is 2.15 bits per heavy atom. The number of hydrogen-bond donors (Lipinski definition) is 1. The number of alkyl halides is 3. The molecule has 1 spiro atoms. The zero-order chi connectivity index (χ0) is 20.0. The summed E-state index contributed by atoms with van der Waals surface area (Å²) in [6, 6.07) is 2.12. The molecule has 2 aliphatic rings. The molecule has 8 heteroatoms. The van der Waals surface area contributed by atoms with E-state index in [4.69, 9.17) is 10.5 Å². The Labute approximate surface area is 157 Å². The molecular weight excluding hydrogens is 359 g/mol. The van der Waals surface area contributed by atoms with E-state index in [9.17, 15) is 18.0 Å². The molecule has 1 saturated heterocycles. The largest absolute Gasteiger partial charge is 0.476 e. The number of carbonyl (C=O) groups is 1. The summed E-state index contributed by atoms with van der Waals surface area (Å²) in [4.78, 5) is 18.1. The fraction of sp³-hybridized carbons (Fsp3) is 0.684. The highest BCUT2D eigenvalue weighted by atomic mass is 19.4. The van der Waals surface area contributed by atoms with Crippen molar-refractivity contribution in [3.8, 4) is 5.88 Å². The number of ether oxygens (including phenoxy) is 1. The molecule has 1 saturated carbocycles. The van der Waals surface area contributed by atoms with Gasteiger partial charge >= 0.3 is 6.18 Å². The second-order valence-corrected chi connectivity index (χ2v) is 8.44. The summed E-state index contributed by atoms with van der Waals surface area (Å²) in [7, 11) is 2.09. The zero-order valence-corrected chi connectivity index (χ0v) is 15.8. The summed E-state index contributed by atoms with van der Waals surface area (Å²) in [5.41, 5.74) is 4.84. The Hall–Kier alpha value is -1.83. The molecule has 1 amide bonds. The van der Waals surface area contributed by atoms with E-state index in [1.165, 1.54) is 12.3 Å². The normalized spacial score (nSPS) is 28.7. The number of pyridine rings is 1. The topological polar surface area (TPSA) is 68.4 Å². The Morgan fingerprint density at radius 1 is 1.48 bits per heavy atom. The number of aromatic nitrogens is 1. The highest BCUT2D eigenvalue weighted by molar-refractivity contribution is 5.77. The molecule has 150 valence electrons. The molecule has 1 aromatic heterocycles. The van der Waals surface area contributed by atoms with Crippen LogP contribution in [0.25, 0.3) is 0 Å². The standard InChI is InChI=1S/C19H26F3N3O2/c1-17(2)11-18(17)9-12(6-8-25(18)3)13(15(23)26)10-27-16-14(19(20,21)22)5-4-7-24-16/h4-5,7,12-13H,6,8-11H2,1-3H3,(H2,23,26). The SMILES string of the molecule is CN1CCC(C(COc2ncccc2C(F)(F)F)C(N)=O)CC12CC2(C)C. The second-order valence-electron chi connectivity index (χ2n) is 8.44. The maximum absolute atomic E-state index is 13.1. The van der Waals surface area contributed by atoms with Crippen molar-refractivity contribution in [2.45, 2.75) is 44.8 Å². The number of amides is 1. The van der Waals surface area contributed by atoms with E-state index in [2.05, 4.69) is 30.8 Å². The van der Waals surface area contributed by atoms with Crippen LogP contribution in [0, 0.1) is 17.3 Å². The maximum Gasteiger partial charge on any atom is 0.421 e. The summed E-state index contributed by atoms with van der Waals surface area (Å²) < 4.78 is 44.7. The van der Waals surface area contributed by atoms with Crippen LogP contribution >= 0.6 is 0 Å². The minimum atomic E-state index is -4.57. The number of carbonyl (C=O) groups excluding carboxylic acids is 1. The number of hydrogen-bond acceptors (Lipinski definition) is 4. The van der Waals surface area contributed by atoms with Crippen LogP contribution in [0.4, 0.5) is 13.2 Å². The predicted octanol–water partition coefficient (Wildman–Crippen LogP) is 3.09. The van der Waals surface area contributed by atoms with Crippen molar-refractivity contribution in [2.24, 2.45) is 23.0 Å². The minimum Gasteiger partial charge on any atom is -0.476 e. The third kappa shape index (κ3) is 3.63. The van der Waals surface area contributed by atoms with E-state index in [1.807, 2.05) is 0 Å². The van der Waals surface area contributed by atoms with Crippen molar-refractivity contribution < 1.29 is 22.7 Å². The first-order chi connectivity index (χ1) is 12.5. The zero-order valence-electron chi connectivity index (χ0n) is 15.8. The van der Waals surface area contributed by atoms with E-state index in [0.29, 0.717) is 0 Å². The quantitative estimate of drug-likeness (QED) is 0.846. The lowest BCUT2D eigenvalue weighted by molar-refractivity contribution is -0.139. The lowest BCUT2D eigenvalue weighted by Gasteiger charge is -2.42. The Kier molecular flexibility index (Phi) is 4.91. The van der Waals surface area contributed by atoms with E-state index < -0.39 is 29.4 Å². The van der Waals surface area contributed by atoms with Gasteiger partial charge in [0.1, 0.15) is 12.2 Å². The summed E-state index contributed by atoms with van der Waals surface area (Å²) in [5.74, 6) is -1.71. The first-order valence-corrected chi connectivity index (χ1v) is 9.13. The Balaban J connectivity index is 1.74. The molecule has 2 heterocycles. The van der Waals surface area contributed by atoms with Gasteiger partial charge in [0.25, 0.3) is 0 Å². The maximum atomic E-state index is 13.1. The number of piperidine rings is 1. The van der Waals surface area contributed by atoms with Gasteiger partial charge in [0, 0.05) is 11.7 Å². The lowest BCUT2D eigenvalue weighted by atomic mass is 9.78. The molecule has 2 N–H and O–H groups in total. The van der Waals surface area contributed by atoms with E-state index >= 15 is 0 Å². The smallest absolute Gasteiger partial charge is 0.421 e. The van der Waals surface area contributed by atoms with Gasteiger partial charge in [-0.05, 0) is 56.3 Å². The third-order valence-corrected chi connectivity index (χ3v) is 6.45. The van der Waals surface area contributed by atoms with Crippen molar-refractivity contribution in [3.63, 3.8) is 0 Å². The van der Waals surface area contributed by atoms with Crippen LogP contribution in [-0.4, -0.2) is 41.5 Å². The molecule has 2 fully saturated rings. The molecule has 0 bridgehead atoms. The van der Waals surface area contributed by atoms with Crippen molar-refractivity contribution >= 4 is 5.91 Å². The summed E-state index contributed by atoms with van der Waals surface area (Å²) in [5, 5.41) is 0. The molecule has 1 aromatic rings. The number of nitrogens with zero attached hydrogens (tertiary/aromatic N) is 2. The second kappa shape index (κ2) is 6.65. The number of nitrogens with two attached hydrogens (primary N) is 1. The van der Waals surface area contributed by atoms with Crippen LogP contribution in [0.2, 0.25) is 0 Å². The van der Waals surface area contributed by atoms with E-state index in [-0.39, 0.29) is 23.5 Å². The van der Waals surface area contributed by atoms with Gasteiger partial charge in [0.2, 0.25) is 11.8 Å². The molecule has 27 heavy (non-hydrogen) atoms. The van der Waals surface area contributed by atoms with Crippen molar-refractivity contribution in [1.82, 2.24) is 9.88 Å².